The quantitative estimate of drug-likeness (QED) is 0.365. The van der Waals surface area contributed by atoms with Crippen LogP contribution in [-0.4, -0.2) is 21.0 Å². The van der Waals surface area contributed by atoms with Crippen LogP contribution < -0.4 is 16.6 Å². The maximum Gasteiger partial charge on any atom is 0.293 e. The first-order valence-electron chi connectivity index (χ1n) is 6.05. The first-order chi connectivity index (χ1) is 10.0. The van der Waals surface area contributed by atoms with Crippen LogP contribution in [0.25, 0.3) is 0 Å². The highest BCUT2D eigenvalue weighted by molar-refractivity contribution is 5.95. The Labute approximate surface area is 119 Å². The third-order valence-electron chi connectivity index (χ3n) is 2.98. The van der Waals surface area contributed by atoms with E-state index in [0.717, 1.165) is 11.3 Å². The van der Waals surface area contributed by atoms with Gasteiger partial charge in [-0.2, -0.15) is 5.10 Å². The van der Waals surface area contributed by atoms with Gasteiger partial charge in [-0.05, 0) is 19.1 Å². The van der Waals surface area contributed by atoms with E-state index in [1.165, 1.54) is 18.2 Å². The van der Waals surface area contributed by atoms with Crippen molar-refractivity contribution >= 4 is 17.3 Å². The normalized spacial score (nSPS) is 10.2. The summed E-state index contributed by atoms with van der Waals surface area (Å²) in [5, 5.41) is 20.1. The van der Waals surface area contributed by atoms with Gasteiger partial charge in [-0.15, -0.1) is 0 Å². The number of nitrogens with one attached hydrogen (secondary N) is 3. The number of aromatic nitrogens is 2. The minimum Gasteiger partial charge on any atom is -0.348 e. The maximum atomic E-state index is 12.0. The summed E-state index contributed by atoms with van der Waals surface area (Å²) in [7, 11) is 0. The second kappa shape index (κ2) is 6.01. The Morgan fingerprint density at radius 2 is 2.29 bits per heavy atom. The van der Waals surface area contributed by atoms with Crippen molar-refractivity contribution in [1.29, 1.82) is 0 Å². The molecule has 0 unspecified atom stereocenters. The number of nitrogen functional groups attached to an aromatic ring is 1. The number of nitro benzene ring substituents is 1. The molecule has 1 aromatic carbocycles. The Kier molecular flexibility index (Phi) is 4.14. The highest BCUT2D eigenvalue weighted by atomic mass is 16.6. The standard InChI is InChI=1S/C12H14N6O3/c1-7-9(6-15-17-7)5-14-12(19)8-2-3-11(18(20)21)10(4-8)16-13/h2-4,6,16H,5,13H2,1H3,(H,14,19)(H,15,17). The van der Waals surface area contributed by atoms with Gasteiger partial charge in [-0.1, -0.05) is 0 Å². The number of aryl methyl sites for hydroxylation is 1. The van der Waals surface area contributed by atoms with Gasteiger partial charge in [0.05, 0.1) is 11.1 Å². The number of amides is 1. The van der Waals surface area contributed by atoms with Crippen LogP contribution in [0.3, 0.4) is 0 Å². The molecule has 9 nitrogen and oxygen atoms in total. The molecule has 1 heterocycles. The van der Waals surface area contributed by atoms with Gasteiger partial charge in [0.1, 0.15) is 5.69 Å². The van der Waals surface area contributed by atoms with Crippen molar-refractivity contribution in [1.82, 2.24) is 15.5 Å². The Morgan fingerprint density at radius 1 is 1.52 bits per heavy atom. The van der Waals surface area contributed by atoms with Crippen LogP contribution in [-0.2, 0) is 6.54 Å². The van der Waals surface area contributed by atoms with E-state index in [0.29, 0.717) is 6.54 Å². The summed E-state index contributed by atoms with van der Waals surface area (Å²) in [4.78, 5) is 22.2. The number of H-pyrrole nitrogens is 1. The fraction of sp³-hybridized carbons (Fsp3) is 0.167. The molecule has 5 N–H and O–H groups in total. The molecule has 1 amide bonds. The molecule has 0 saturated heterocycles. The van der Waals surface area contributed by atoms with Gasteiger partial charge in [-0.3, -0.25) is 25.9 Å². The average Bonchev–Trinajstić information content (AvgIpc) is 2.89. The van der Waals surface area contributed by atoms with Gasteiger partial charge >= 0.3 is 0 Å². The van der Waals surface area contributed by atoms with Crippen molar-refractivity contribution < 1.29 is 9.72 Å². The van der Waals surface area contributed by atoms with Gasteiger partial charge in [0.2, 0.25) is 0 Å². The van der Waals surface area contributed by atoms with Crippen LogP contribution in [0.4, 0.5) is 11.4 Å². The van der Waals surface area contributed by atoms with E-state index in [9.17, 15) is 14.9 Å². The number of anilines is 1. The van der Waals surface area contributed by atoms with Gasteiger partial charge in [0, 0.05) is 29.4 Å². The molecule has 2 rings (SSSR count). The molecule has 0 saturated carbocycles. The lowest BCUT2D eigenvalue weighted by Crippen LogP contribution is -2.23. The van der Waals surface area contributed by atoms with E-state index in [1.54, 1.807) is 6.20 Å². The summed E-state index contributed by atoms with van der Waals surface area (Å²) in [6.07, 6.45) is 1.62. The zero-order valence-electron chi connectivity index (χ0n) is 11.2. The molecule has 0 aliphatic carbocycles. The number of benzene rings is 1. The second-order valence-electron chi connectivity index (χ2n) is 4.34. The molecule has 110 valence electrons. The molecule has 1 aromatic heterocycles. The van der Waals surface area contributed by atoms with E-state index in [4.69, 9.17) is 5.84 Å². The lowest BCUT2D eigenvalue weighted by molar-refractivity contribution is -0.384. The van der Waals surface area contributed by atoms with Crippen LogP contribution in [0.15, 0.2) is 24.4 Å². The van der Waals surface area contributed by atoms with Crippen LogP contribution in [0.5, 0.6) is 0 Å². The summed E-state index contributed by atoms with van der Waals surface area (Å²) < 4.78 is 0. The second-order valence-corrected chi connectivity index (χ2v) is 4.34. The number of rotatable bonds is 5. The third-order valence-corrected chi connectivity index (χ3v) is 2.98. The Bertz CT molecular complexity index is 681. The third kappa shape index (κ3) is 3.15. The van der Waals surface area contributed by atoms with Crippen molar-refractivity contribution in [3.63, 3.8) is 0 Å². The Balaban J connectivity index is 2.12. The molecular formula is C12H14N6O3. The van der Waals surface area contributed by atoms with Crippen molar-refractivity contribution in [3.05, 3.63) is 51.3 Å². The summed E-state index contributed by atoms with van der Waals surface area (Å²) in [5.41, 5.74) is 4.10. The number of hydrogen-bond donors (Lipinski definition) is 4. The number of nitrogens with zero attached hydrogens (tertiary/aromatic N) is 2. The summed E-state index contributed by atoms with van der Waals surface area (Å²) in [5.74, 6) is 4.87. The fourth-order valence-corrected chi connectivity index (χ4v) is 1.78. The average molecular weight is 290 g/mol. The van der Waals surface area contributed by atoms with Crippen LogP contribution in [0, 0.1) is 17.0 Å². The molecule has 0 spiro atoms. The number of hydrazine groups is 1. The van der Waals surface area contributed by atoms with E-state index >= 15 is 0 Å². The van der Waals surface area contributed by atoms with Crippen LogP contribution in [0.1, 0.15) is 21.6 Å². The number of aromatic amines is 1. The fourth-order valence-electron chi connectivity index (χ4n) is 1.78. The predicted octanol–water partition coefficient (Wildman–Crippen LogP) is 0.842. The largest absolute Gasteiger partial charge is 0.348 e. The molecule has 0 fully saturated rings. The van der Waals surface area contributed by atoms with Gasteiger partial charge in [-0.25, -0.2) is 0 Å². The topological polar surface area (TPSA) is 139 Å². The molecule has 0 bridgehead atoms. The lowest BCUT2D eigenvalue weighted by atomic mass is 10.1. The number of nitro groups is 1. The lowest BCUT2D eigenvalue weighted by Gasteiger charge is -2.07. The number of hydrogen-bond acceptors (Lipinski definition) is 6. The summed E-state index contributed by atoms with van der Waals surface area (Å²) >= 11 is 0. The smallest absolute Gasteiger partial charge is 0.293 e. The van der Waals surface area contributed by atoms with Crippen molar-refractivity contribution in [3.8, 4) is 0 Å². The Hall–Kier alpha value is -2.94. The SMILES string of the molecule is Cc1[nH]ncc1CNC(=O)c1ccc([N+](=O)[O-])c(NN)c1. The predicted molar refractivity (Wildman–Crippen MR) is 75.4 cm³/mol. The van der Waals surface area contributed by atoms with Gasteiger partial charge < -0.3 is 10.7 Å². The summed E-state index contributed by atoms with van der Waals surface area (Å²) in [6.45, 7) is 2.15. The molecule has 0 aliphatic rings. The van der Waals surface area contributed by atoms with Gasteiger partial charge in [0.15, 0.2) is 0 Å². The number of carbonyl (C=O) groups excluding carboxylic acids is 1. The van der Waals surface area contributed by atoms with Crippen molar-refractivity contribution in [2.45, 2.75) is 13.5 Å². The highest BCUT2D eigenvalue weighted by Crippen LogP contribution is 2.24. The molecule has 21 heavy (non-hydrogen) atoms. The minimum atomic E-state index is -0.578. The van der Waals surface area contributed by atoms with Gasteiger partial charge in [0.25, 0.3) is 11.6 Å². The monoisotopic (exact) mass is 290 g/mol. The first kappa shape index (κ1) is 14.5. The number of carbonyl (C=O) groups is 1. The van der Waals surface area contributed by atoms with Crippen molar-refractivity contribution in [2.24, 2.45) is 5.84 Å². The minimum absolute atomic E-state index is 0.0761. The van der Waals surface area contributed by atoms with E-state index in [-0.39, 0.29) is 22.8 Å². The van der Waals surface area contributed by atoms with E-state index in [2.05, 4.69) is 20.9 Å². The molecule has 9 heteroatoms. The van der Waals surface area contributed by atoms with Crippen molar-refractivity contribution in [2.75, 3.05) is 5.43 Å². The zero-order valence-corrected chi connectivity index (χ0v) is 11.2. The number of nitrogens with two attached hydrogens (primary N) is 1. The molecule has 0 atom stereocenters. The van der Waals surface area contributed by atoms with Crippen LogP contribution >= 0.6 is 0 Å². The highest BCUT2D eigenvalue weighted by Gasteiger charge is 2.16. The Morgan fingerprint density at radius 3 is 2.86 bits per heavy atom. The zero-order chi connectivity index (χ0) is 15.4. The van der Waals surface area contributed by atoms with Crippen LogP contribution in [0.2, 0.25) is 0 Å². The maximum absolute atomic E-state index is 12.0. The summed E-state index contributed by atoms with van der Waals surface area (Å²) in [6, 6.07) is 3.93. The first-order valence-corrected chi connectivity index (χ1v) is 6.05. The van der Waals surface area contributed by atoms with E-state index < -0.39 is 4.92 Å². The molecule has 0 aliphatic heterocycles. The molecule has 0 radical (unpaired) electrons. The molecular weight excluding hydrogens is 276 g/mol. The van der Waals surface area contributed by atoms with E-state index in [1.807, 2.05) is 6.92 Å². The molecule has 2 aromatic rings.